The Balaban J connectivity index is 1.63. The molecule has 0 N–H and O–H groups in total. The Hall–Kier alpha value is -2.57. The third kappa shape index (κ3) is 4.10. The Bertz CT molecular complexity index is 726. The zero-order valence-corrected chi connectivity index (χ0v) is 13.5. The third-order valence-electron chi connectivity index (χ3n) is 4.31. The Labute approximate surface area is 143 Å². The van der Waals surface area contributed by atoms with Crippen LogP contribution in [-0.4, -0.2) is 42.0 Å². The number of hydrogen-bond donors (Lipinski definition) is 0. The number of halogens is 3. The maximum atomic E-state index is 13.0. The summed E-state index contributed by atoms with van der Waals surface area (Å²) in [5, 5.41) is 0. The van der Waals surface area contributed by atoms with Gasteiger partial charge in [0, 0.05) is 32.4 Å². The number of hydrogen-bond acceptors (Lipinski definition) is 3. The Morgan fingerprint density at radius 3 is 2.40 bits per heavy atom. The summed E-state index contributed by atoms with van der Waals surface area (Å²) in [7, 11) is 0. The molecule has 25 heavy (non-hydrogen) atoms. The predicted octanol–water partition coefficient (Wildman–Crippen LogP) is 2.99. The highest BCUT2D eigenvalue weighted by atomic mass is 19.4. The maximum Gasteiger partial charge on any atom is 0.416 e. The second-order valence-corrected chi connectivity index (χ2v) is 5.91. The number of anilines is 1. The average molecular weight is 349 g/mol. The molecule has 1 aliphatic heterocycles. The summed E-state index contributed by atoms with van der Waals surface area (Å²) >= 11 is 0. The first-order valence-corrected chi connectivity index (χ1v) is 8.03. The summed E-state index contributed by atoms with van der Waals surface area (Å²) in [5.41, 5.74) is 0.268. The number of rotatable bonds is 3. The van der Waals surface area contributed by atoms with Gasteiger partial charge in [0.05, 0.1) is 23.9 Å². The molecule has 0 spiro atoms. The quantitative estimate of drug-likeness (QED) is 0.855. The predicted molar refractivity (Wildman–Crippen MR) is 88.2 cm³/mol. The van der Waals surface area contributed by atoms with Gasteiger partial charge in [-0.3, -0.25) is 9.78 Å². The van der Waals surface area contributed by atoms with E-state index in [9.17, 15) is 18.0 Å². The number of carbonyl (C=O) groups is 1. The van der Waals surface area contributed by atoms with E-state index >= 15 is 0 Å². The average Bonchev–Trinajstić information content (AvgIpc) is 2.62. The Morgan fingerprint density at radius 2 is 1.76 bits per heavy atom. The summed E-state index contributed by atoms with van der Waals surface area (Å²) in [6.45, 7) is 2.25. The molecule has 7 heteroatoms. The number of nitrogens with zero attached hydrogens (tertiary/aromatic N) is 3. The fraction of sp³-hybridized carbons (Fsp3) is 0.333. The molecule has 1 aliphatic rings. The second-order valence-electron chi connectivity index (χ2n) is 5.91. The normalized spacial score (nSPS) is 15.3. The number of alkyl halides is 3. The molecule has 132 valence electrons. The Morgan fingerprint density at radius 1 is 1.04 bits per heavy atom. The van der Waals surface area contributed by atoms with Crippen molar-refractivity contribution < 1.29 is 18.0 Å². The number of benzene rings is 1. The molecule has 1 amide bonds. The molecular formula is C18H18F3N3O. The lowest BCUT2D eigenvalue weighted by Gasteiger charge is -2.36. The highest BCUT2D eigenvalue weighted by molar-refractivity contribution is 5.79. The zero-order valence-electron chi connectivity index (χ0n) is 13.5. The molecule has 0 bridgehead atoms. The molecule has 1 fully saturated rings. The van der Waals surface area contributed by atoms with Gasteiger partial charge in [0.2, 0.25) is 5.91 Å². The van der Waals surface area contributed by atoms with E-state index in [0.29, 0.717) is 26.2 Å². The molecule has 2 aromatic rings. The highest BCUT2D eigenvalue weighted by Crippen LogP contribution is 2.32. The van der Waals surface area contributed by atoms with Gasteiger partial charge in [-0.1, -0.05) is 18.2 Å². The molecule has 0 saturated carbocycles. The first-order valence-electron chi connectivity index (χ1n) is 8.03. The standard InChI is InChI=1S/C18H18F3N3O/c19-18(20,21)16-6-2-1-4-14(16)12-17(25)24-10-8-23(9-11-24)15-5-3-7-22-13-15/h1-7,13H,8-12H2. The van der Waals surface area contributed by atoms with Crippen LogP contribution in [-0.2, 0) is 17.4 Å². The molecule has 1 aromatic carbocycles. The van der Waals surface area contributed by atoms with Gasteiger partial charge >= 0.3 is 6.18 Å². The zero-order chi connectivity index (χ0) is 17.9. The molecule has 0 unspecified atom stereocenters. The van der Waals surface area contributed by atoms with Gasteiger partial charge in [0.15, 0.2) is 0 Å². The van der Waals surface area contributed by atoms with Gasteiger partial charge in [-0.15, -0.1) is 0 Å². The van der Waals surface area contributed by atoms with Crippen LogP contribution >= 0.6 is 0 Å². The Kier molecular flexibility index (Phi) is 4.92. The fourth-order valence-electron chi connectivity index (χ4n) is 2.98. The largest absolute Gasteiger partial charge is 0.416 e. The molecule has 1 aromatic heterocycles. The van der Waals surface area contributed by atoms with Crippen molar-refractivity contribution in [2.75, 3.05) is 31.1 Å². The minimum Gasteiger partial charge on any atom is -0.367 e. The van der Waals surface area contributed by atoms with E-state index < -0.39 is 11.7 Å². The fourth-order valence-corrected chi connectivity index (χ4v) is 2.98. The summed E-state index contributed by atoms with van der Waals surface area (Å²) in [6, 6.07) is 9.04. The van der Waals surface area contributed by atoms with Crippen LogP contribution in [0.25, 0.3) is 0 Å². The van der Waals surface area contributed by atoms with E-state index in [0.717, 1.165) is 11.8 Å². The number of aromatic nitrogens is 1. The van der Waals surface area contributed by atoms with Crippen molar-refractivity contribution in [2.24, 2.45) is 0 Å². The summed E-state index contributed by atoms with van der Waals surface area (Å²) in [6.07, 6.45) is -1.23. The third-order valence-corrected chi connectivity index (χ3v) is 4.31. The monoisotopic (exact) mass is 349 g/mol. The summed E-state index contributed by atoms with van der Waals surface area (Å²) < 4.78 is 39.1. The number of piperazine rings is 1. The van der Waals surface area contributed by atoms with Gasteiger partial charge in [-0.2, -0.15) is 13.2 Å². The van der Waals surface area contributed by atoms with E-state index in [1.165, 1.54) is 18.2 Å². The van der Waals surface area contributed by atoms with Crippen LogP contribution < -0.4 is 4.90 Å². The lowest BCUT2D eigenvalue weighted by molar-refractivity contribution is -0.138. The van der Waals surface area contributed by atoms with E-state index in [2.05, 4.69) is 9.88 Å². The SMILES string of the molecule is O=C(Cc1ccccc1C(F)(F)F)N1CCN(c2cccnc2)CC1. The number of carbonyl (C=O) groups excluding carboxylic acids is 1. The van der Waals surface area contributed by atoms with Crippen LogP contribution in [0.2, 0.25) is 0 Å². The molecule has 1 saturated heterocycles. The van der Waals surface area contributed by atoms with Crippen LogP contribution in [0.1, 0.15) is 11.1 Å². The lowest BCUT2D eigenvalue weighted by atomic mass is 10.0. The number of amides is 1. The van der Waals surface area contributed by atoms with Crippen molar-refractivity contribution in [3.05, 3.63) is 59.9 Å². The molecule has 4 nitrogen and oxygen atoms in total. The van der Waals surface area contributed by atoms with E-state index in [1.54, 1.807) is 17.3 Å². The first kappa shape index (κ1) is 17.3. The number of pyridine rings is 1. The van der Waals surface area contributed by atoms with Crippen LogP contribution in [0.4, 0.5) is 18.9 Å². The van der Waals surface area contributed by atoms with Crippen molar-refractivity contribution >= 4 is 11.6 Å². The van der Waals surface area contributed by atoms with Gasteiger partial charge in [0.25, 0.3) is 0 Å². The van der Waals surface area contributed by atoms with E-state index in [1.807, 2.05) is 12.1 Å². The maximum absolute atomic E-state index is 13.0. The lowest BCUT2D eigenvalue weighted by Crippen LogP contribution is -2.49. The summed E-state index contributed by atoms with van der Waals surface area (Å²) in [5.74, 6) is -0.275. The van der Waals surface area contributed by atoms with Crippen LogP contribution in [0, 0.1) is 0 Å². The minimum atomic E-state index is -4.45. The van der Waals surface area contributed by atoms with Crippen molar-refractivity contribution in [3.8, 4) is 0 Å². The van der Waals surface area contributed by atoms with Crippen molar-refractivity contribution in [3.63, 3.8) is 0 Å². The van der Waals surface area contributed by atoms with Crippen LogP contribution in [0.5, 0.6) is 0 Å². The second kappa shape index (κ2) is 7.13. The van der Waals surface area contributed by atoms with E-state index in [4.69, 9.17) is 0 Å². The molecule has 0 atom stereocenters. The highest BCUT2D eigenvalue weighted by Gasteiger charge is 2.34. The van der Waals surface area contributed by atoms with Gasteiger partial charge in [-0.05, 0) is 23.8 Å². The smallest absolute Gasteiger partial charge is 0.367 e. The molecule has 2 heterocycles. The summed E-state index contributed by atoms with van der Waals surface area (Å²) in [4.78, 5) is 20.2. The van der Waals surface area contributed by atoms with Crippen molar-refractivity contribution in [1.82, 2.24) is 9.88 Å². The van der Waals surface area contributed by atoms with Crippen molar-refractivity contribution in [2.45, 2.75) is 12.6 Å². The molecular weight excluding hydrogens is 331 g/mol. The molecule has 3 rings (SSSR count). The first-order chi connectivity index (χ1) is 11.9. The van der Waals surface area contributed by atoms with E-state index in [-0.39, 0.29) is 17.9 Å². The topological polar surface area (TPSA) is 36.4 Å². The molecule has 0 radical (unpaired) electrons. The van der Waals surface area contributed by atoms with Crippen molar-refractivity contribution in [1.29, 1.82) is 0 Å². The van der Waals surface area contributed by atoms with Crippen LogP contribution in [0.3, 0.4) is 0 Å². The van der Waals surface area contributed by atoms with Gasteiger partial charge in [0.1, 0.15) is 0 Å². The van der Waals surface area contributed by atoms with Crippen LogP contribution in [0.15, 0.2) is 48.8 Å². The van der Waals surface area contributed by atoms with Gasteiger partial charge < -0.3 is 9.80 Å². The van der Waals surface area contributed by atoms with Gasteiger partial charge in [-0.25, -0.2) is 0 Å². The minimum absolute atomic E-state index is 0.0229. The molecule has 0 aliphatic carbocycles.